The third-order valence-corrected chi connectivity index (χ3v) is 5.61. The lowest BCUT2D eigenvalue weighted by molar-refractivity contribution is 0.187. The van der Waals surface area contributed by atoms with Crippen LogP contribution in [0.5, 0.6) is 0 Å². The highest BCUT2D eigenvalue weighted by atomic mass is 32.2. The second kappa shape index (κ2) is 4.38. The smallest absolute Gasteiger partial charge is 0.238 e. The van der Waals surface area contributed by atoms with Crippen LogP contribution in [0, 0.1) is 11.8 Å². The summed E-state index contributed by atoms with van der Waals surface area (Å²) in [5, 5.41) is -0.578. The van der Waals surface area contributed by atoms with Gasteiger partial charge >= 0.3 is 0 Å². The van der Waals surface area contributed by atoms with E-state index in [1.165, 1.54) is 0 Å². The monoisotopic (exact) mass is 273 g/mol. The Bertz CT molecular complexity index is 459. The molecule has 2 aliphatic heterocycles. The molecule has 3 fully saturated rings. The van der Waals surface area contributed by atoms with Gasteiger partial charge < -0.3 is 9.47 Å². The topological polar surface area (TPSA) is 108 Å². The molecule has 100 valence electrons. The second-order valence-electron chi connectivity index (χ2n) is 5.28. The van der Waals surface area contributed by atoms with Crippen molar-refractivity contribution in [3.8, 4) is 0 Å². The quantitative estimate of drug-likeness (QED) is 0.332. The zero-order valence-electron chi connectivity index (χ0n) is 9.81. The van der Waals surface area contributed by atoms with Crippen molar-refractivity contribution in [1.29, 1.82) is 0 Å². The number of hydrogen-bond acceptors (Lipinski definition) is 4. The molecule has 4 atom stereocenters. The molecule has 3 aliphatic rings. The lowest BCUT2D eigenvalue weighted by Gasteiger charge is -2.32. The number of nitrogens with zero attached hydrogens (tertiary/aromatic N) is 3. The van der Waals surface area contributed by atoms with Crippen LogP contribution in [0.15, 0.2) is 4.52 Å². The van der Waals surface area contributed by atoms with E-state index in [0.717, 1.165) is 19.6 Å². The molecular formula is C10H15N3O4S. The average molecular weight is 273 g/mol. The highest BCUT2D eigenvalue weighted by Gasteiger charge is 2.47. The molecule has 0 aromatic rings. The van der Waals surface area contributed by atoms with E-state index < -0.39 is 15.3 Å². The maximum absolute atomic E-state index is 11.9. The molecule has 1 aliphatic carbocycles. The van der Waals surface area contributed by atoms with E-state index in [0.29, 0.717) is 12.8 Å². The molecule has 0 aromatic heterocycles. The fraction of sp³-hybridized carbons (Fsp3) is 1.00. The number of ether oxygens (including phenoxy) is 2. The van der Waals surface area contributed by atoms with Crippen LogP contribution in [0.4, 0.5) is 0 Å². The molecule has 0 radical (unpaired) electrons. The molecule has 0 bridgehead atoms. The van der Waals surface area contributed by atoms with Gasteiger partial charge in [0.1, 0.15) is 0 Å². The molecule has 0 spiro atoms. The summed E-state index contributed by atoms with van der Waals surface area (Å²) in [6.07, 6.45) is 2.41. The molecule has 7 nitrogen and oxygen atoms in total. The van der Waals surface area contributed by atoms with E-state index in [1.807, 2.05) is 0 Å². The summed E-state index contributed by atoms with van der Waals surface area (Å²) in [5.74, 6) is 0.503. The van der Waals surface area contributed by atoms with Crippen molar-refractivity contribution in [1.82, 2.24) is 0 Å². The van der Waals surface area contributed by atoms with Crippen molar-refractivity contribution in [2.75, 3.05) is 13.2 Å². The van der Waals surface area contributed by atoms with Gasteiger partial charge in [-0.3, -0.25) is 0 Å². The summed E-state index contributed by atoms with van der Waals surface area (Å²) >= 11 is 0. The Balaban J connectivity index is 1.78. The van der Waals surface area contributed by atoms with Crippen LogP contribution in [0.1, 0.15) is 19.3 Å². The summed E-state index contributed by atoms with van der Waals surface area (Å²) in [6.45, 7) is 1.44. The molecule has 4 unspecified atom stereocenters. The van der Waals surface area contributed by atoms with Gasteiger partial charge in [0.2, 0.25) is 10.0 Å². The standard InChI is InChI=1S/C10H15N3O4S/c11-12-13-18(14,15)8-2-6(9-4-16-9)1-7(3-8)10-5-17-10/h6-10H,1-5H2. The van der Waals surface area contributed by atoms with Crippen LogP contribution < -0.4 is 0 Å². The summed E-state index contributed by atoms with van der Waals surface area (Å²) < 4.78 is 37.3. The number of azide groups is 1. The Hall–Kier alpha value is -0.820. The number of rotatable bonds is 4. The van der Waals surface area contributed by atoms with Gasteiger partial charge in [0.05, 0.1) is 30.7 Å². The summed E-state index contributed by atoms with van der Waals surface area (Å²) in [4.78, 5) is 2.43. The summed E-state index contributed by atoms with van der Waals surface area (Å²) in [5.41, 5.74) is 8.34. The first-order chi connectivity index (χ1) is 8.60. The van der Waals surface area contributed by atoms with Crippen molar-refractivity contribution in [2.24, 2.45) is 16.4 Å². The zero-order valence-corrected chi connectivity index (χ0v) is 10.6. The van der Waals surface area contributed by atoms with Crippen LogP contribution >= 0.6 is 0 Å². The summed E-state index contributed by atoms with van der Waals surface area (Å²) in [7, 11) is -3.71. The maximum Gasteiger partial charge on any atom is 0.238 e. The highest BCUT2D eigenvalue weighted by Crippen LogP contribution is 2.43. The minimum Gasteiger partial charge on any atom is -0.373 e. The van der Waals surface area contributed by atoms with E-state index in [2.05, 4.69) is 9.43 Å². The van der Waals surface area contributed by atoms with Gasteiger partial charge in [0, 0.05) is 9.43 Å². The number of epoxide rings is 2. The third kappa shape index (κ3) is 2.47. The normalized spacial score (nSPS) is 43.0. The largest absolute Gasteiger partial charge is 0.373 e. The van der Waals surface area contributed by atoms with Gasteiger partial charge in [-0.15, -0.1) is 0 Å². The molecule has 2 saturated heterocycles. The molecule has 0 aromatic carbocycles. The van der Waals surface area contributed by atoms with Crippen LogP contribution in [0.3, 0.4) is 0 Å². The fourth-order valence-corrected chi connectivity index (χ4v) is 4.19. The van der Waals surface area contributed by atoms with E-state index >= 15 is 0 Å². The minimum absolute atomic E-state index is 0.190. The predicted octanol–water partition coefficient (Wildman–Crippen LogP) is 1.21. The second-order valence-corrected chi connectivity index (χ2v) is 7.14. The first kappa shape index (κ1) is 12.2. The molecule has 0 amide bonds. The SMILES string of the molecule is [N-]=[N+]=NS(=O)(=O)C1CC(C2CO2)CC(C2CO2)C1. The van der Waals surface area contributed by atoms with Crippen LogP contribution in [0.25, 0.3) is 10.4 Å². The van der Waals surface area contributed by atoms with Gasteiger partial charge in [0.25, 0.3) is 0 Å². The Kier molecular flexibility index (Phi) is 2.97. The molecule has 3 rings (SSSR count). The van der Waals surface area contributed by atoms with Crippen molar-refractivity contribution in [3.63, 3.8) is 0 Å². The van der Waals surface area contributed by atoms with E-state index in [1.54, 1.807) is 0 Å². The lowest BCUT2D eigenvalue weighted by atomic mass is 9.78. The van der Waals surface area contributed by atoms with Crippen LogP contribution in [-0.4, -0.2) is 39.1 Å². The first-order valence-corrected chi connectivity index (χ1v) is 7.64. The zero-order chi connectivity index (χ0) is 12.8. The number of sulfonamides is 1. The lowest BCUT2D eigenvalue weighted by Crippen LogP contribution is -2.35. The van der Waals surface area contributed by atoms with Gasteiger partial charge in [0.15, 0.2) is 0 Å². The Labute approximate surface area is 105 Å². The first-order valence-electron chi connectivity index (χ1n) is 6.13. The van der Waals surface area contributed by atoms with Crippen molar-refractivity contribution >= 4 is 10.0 Å². The van der Waals surface area contributed by atoms with Gasteiger partial charge in [-0.1, -0.05) is 0 Å². The van der Waals surface area contributed by atoms with Gasteiger partial charge in [-0.25, -0.2) is 8.42 Å². The van der Waals surface area contributed by atoms with E-state index in [9.17, 15) is 8.42 Å². The van der Waals surface area contributed by atoms with Crippen molar-refractivity contribution in [3.05, 3.63) is 10.4 Å². The molecule has 8 heteroatoms. The Morgan fingerprint density at radius 2 is 1.56 bits per heavy atom. The molecule has 1 saturated carbocycles. The van der Waals surface area contributed by atoms with E-state index in [-0.39, 0.29) is 24.0 Å². The molecule has 0 N–H and O–H groups in total. The molecule has 2 heterocycles. The highest BCUT2D eigenvalue weighted by molar-refractivity contribution is 7.90. The average Bonchev–Trinajstić information content (AvgIpc) is 3.17. The molecule has 18 heavy (non-hydrogen) atoms. The van der Waals surface area contributed by atoms with Gasteiger partial charge in [-0.05, 0) is 36.6 Å². The Morgan fingerprint density at radius 3 is 1.94 bits per heavy atom. The van der Waals surface area contributed by atoms with Crippen LogP contribution in [-0.2, 0) is 19.5 Å². The third-order valence-electron chi connectivity index (χ3n) is 4.08. The maximum atomic E-state index is 11.9. The van der Waals surface area contributed by atoms with Crippen LogP contribution in [0.2, 0.25) is 0 Å². The van der Waals surface area contributed by atoms with E-state index in [4.69, 9.17) is 15.0 Å². The Morgan fingerprint density at radius 1 is 1.06 bits per heavy atom. The summed E-state index contributed by atoms with van der Waals surface area (Å²) in [6, 6.07) is 0. The minimum atomic E-state index is -3.71. The fourth-order valence-electron chi connectivity index (χ4n) is 2.98. The van der Waals surface area contributed by atoms with Crippen molar-refractivity contribution in [2.45, 2.75) is 36.7 Å². The molecular weight excluding hydrogens is 258 g/mol. The number of hydrogen-bond donors (Lipinski definition) is 0. The van der Waals surface area contributed by atoms with Gasteiger partial charge in [-0.2, -0.15) is 0 Å². The van der Waals surface area contributed by atoms with Crippen molar-refractivity contribution < 1.29 is 17.9 Å². The predicted molar refractivity (Wildman–Crippen MR) is 62.2 cm³/mol.